The Labute approximate surface area is 239 Å². The molecule has 0 aliphatic carbocycles. The van der Waals surface area contributed by atoms with Gasteiger partial charge in [0.15, 0.2) is 0 Å². The van der Waals surface area contributed by atoms with Gasteiger partial charge in [-0.25, -0.2) is 17.9 Å². The molecule has 0 bridgehead atoms. The first-order chi connectivity index (χ1) is 18.8. The highest BCUT2D eigenvalue weighted by Gasteiger charge is 2.35. The zero-order valence-corrected chi connectivity index (χ0v) is 25.4. The lowest BCUT2D eigenvalue weighted by Gasteiger charge is -2.38. The summed E-state index contributed by atoms with van der Waals surface area (Å²) in [6, 6.07) is 23.1. The number of aryl methyl sites for hydroxylation is 1. The molecule has 8 nitrogen and oxygen atoms in total. The molecular weight excluding hydrogens is 526 g/mol. The summed E-state index contributed by atoms with van der Waals surface area (Å²) in [6.07, 6.45) is 3.13. The third-order valence-corrected chi connectivity index (χ3v) is 7.28. The number of carbonyl (C=O) groups excluding carboxylic acids is 1. The second-order valence-corrected chi connectivity index (χ2v) is 12.0. The first-order valence-electron chi connectivity index (χ1n) is 13.6. The fraction of sp³-hybridized carbons (Fsp3) is 0.419. The van der Waals surface area contributed by atoms with Gasteiger partial charge in [-0.15, -0.1) is 0 Å². The minimum absolute atomic E-state index is 0.0690. The standard InChI is InChI=1S/C23H31N3O5S.C6H6.C2H6/c1-16(17-6-8-18(9-7-17)19-10-12-25(4)21(27)14-19)26-13-11-20(31-22(26)28)15-23(2,3)24-32(5,29)30;1-2-4-6-5-3-1;1-2/h6-10,12,14,16,20,24H,11,13,15H2,1-5H3;1-6H;1-2H3. The quantitative estimate of drug-likeness (QED) is 0.391. The van der Waals surface area contributed by atoms with Gasteiger partial charge in [0.2, 0.25) is 10.0 Å². The lowest BCUT2D eigenvalue weighted by molar-refractivity contribution is 0.00228. The molecule has 2 aromatic carbocycles. The molecule has 3 aromatic rings. The van der Waals surface area contributed by atoms with E-state index in [1.54, 1.807) is 38.1 Å². The second kappa shape index (κ2) is 14.8. The van der Waals surface area contributed by atoms with E-state index in [-0.39, 0.29) is 17.7 Å². The van der Waals surface area contributed by atoms with Crippen molar-refractivity contribution >= 4 is 16.1 Å². The Morgan fingerprint density at radius 2 is 1.52 bits per heavy atom. The number of hydrogen-bond donors (Lipinski definition) is 1. The van der Waals surface area contributed by atoms with Gasteiger partial charge in [-0.3, -0.25) is 4.79 Å². The molecule has 0 spiro atoms. The molecule has 0 saturated carbocycles. The van der Waals surface area contributed by atoms with Crippen molar-refractivity contribution in [1.82, 2.24) is 14.2 Å². The van der Waals surface area contributed by atoms with Crippen LogP contribution < -0.4 is 10.3 Å². The topological polar surface area (TPSA) is 97.7 Å². The summed E-state index contributed by atoms with van der Waals surface area (Å²) >= 11 is 0. The Hall–Kier alpha value is -3.43. The molecule has 2 heterocycles. The summed E-state index contributed by atoms with van der Waals surface area (Å²) in [7, 11) is -1.64. The SMILES string of the molecule is CC.CC(c1ccc(-c2ccn(C)c(=O)c2)cc1)N1CCC(CC(C)(C)NS(C)(=O)=O)OC1=O.c1ccccc1. The Balaban J connectivity index is 0.000000609. The van der Waals surface area contributed by atoms with Crippen molar-refractivity contribution in [3.63, 3.8) is 0 Å². The van der Waals surface area contributed by atoms with Crippen molar-refractivity contribution < 1.29 is 17.9 Å². The van der Waals surface area contributed by atoms with Gasteiger partial charge in [0.1, 0.15) is 6.10 Å². The minimum atomic E-state index is -3.35. The minimum Gasteiger partial charge on any atom is -0.446 e. The number of sulfonamides is 1. The molecule has 1 amide bonds. The maximum atomic E-state index is 12.7. The highest BCUT2D eigenvalue weighted by Crippen LogP contribution is 2.29. The van der Waals surface area contributed by atoms with Crippen molar-refractivity contribution in [2.75, 3.05) is 12.8 Å². The predicted molar refractivity (Wildman–Crippen MR) is 162 cm³/mol. The van der Waals surface area contributed by atoms with Gasteiger partial charge in [0.05, 0.1) is 12.3 Å². The van der Waals surface area contributed by atoms with Crippen molar-refractivity contribution in [3.05, 3.63) is 94.9 Å². The predicted octanol–water partition coefficient (Wildman–Crippen LogP) is 5.75. The van der Waals surface area contributed by atoms with Crippen LogP contribution in [-0.2, 0) is 21.8 Å². The summed E-state index contributed by atoms with van der Waals surface area (Å²) < 4.78 is 32.8. The molecule has 1 fully saturated rings. The van der Waals surface area contributed by atoms with Gasteiger partial charge in [-0.2, -0.15) is 0 Å². The van der Waals surface area contributed by atoms with Gasteiger partial charge in [-0.05, 0) is 43.5 Å². The molecule has 0 radical (unpaired) electrons. The van der Waals surface area contributed by atoms with Crippen LogP contribution in [0, 0.1) is 0 Å². The number of nitrogens with one attached hydrogen (secondary N) is 1. The number of rotatable bonds is 7. The lowest BCUT2D eigenvalue weighted by Crippen LogP contribution is -2.49. The molecule has 2 unspecified atom stereocenters. The number of amides is 1. The van der Waals surface area contributed by atoms with E-state index in [0.29, 0.717) is 19.4 Å². The van der Waals surface area contributed by atoms with Gasteiger partial charge >= 0.3 is 6.09 Å². The van der Waals surface area contributed by atoms with Crippen molar-refractivity contribution in [1.29, 1.82) is 0 Å². The first-order valence-corrected chi connectivity index (χ1v) is 15.5. The lowest BCUT2D eigenvalue weighted by atomic mass is 9.95. The highest BCUT2D eigenvalue weighted by molar-refractivity contribution is 7.88. The zero-order chi connectivity index (χ0) is 29.9. The molecule has 1 N–H and O–H groups in total. The maximum Gasteiger partial charge on any atom is 0.410 e. The van der Waals surface area contributed by atoms with Crippen molar-refractivity contribution in [2.24, 2.45) is 7.05 Å². The van der Waals surface area contributed by atoms with Crippen molar-refractivity contribution in [3.8, 4) is 11.1 Å². The number of cyclic esters (lactones) is 1. The van der Waals surface area contributed by atoms with Crippen LogP contribution in [0.2, 0.25) is 0 Å². The monoisotopic (exact) mass is 569 g/mol. The zero-order valence-electron chi connectivity index (χ0n) is 24.6. The fourth-order valence-corrected chi connectivity index (χ4v) is 5.59. The molecule has 2 atom stereocenters. The first kappa shape index (κ1) is 32.8. The average molecular weight is 570 g/mol. The smallest absolute Gasteiger partial charge is 0.410 e. The summed E-state index contributed by atoms with van der Waals surface area (Å²) in [4.78, 5) is 26.2. The van der Waals surface area contributed by atoms with E-state index in [9.17, 15) is 18.0 Å². The van der Waals surface area contributed by atoms with E-state index >= 15 is 0 Å². The molecule has 218 valence electrons. The Morgan fingerprint density at radius 3 is 2.00 bits per heavy atom. The van der Waals surface area contributed by atoms with E-state index in [2.05, 4.69) is 4.72 Å². The van der Waals surface area contributed by atoms with Gasteiger partial charge in [-0.1, -0.05) is 74.5 Å². The van der Waals surface area contributed by atoms with Crippen LogP contribution in [0.25, 0.3) is 11.1 Å². The molecule has 9 heteroatoms. The Bertz CT molecular complexity index is 1340. The maximum absolute atomic E-state index is 12.7. The van der Waals surface area contributed by atoms with Crippen LogP contribution in [0.5, 0.6) is 0 Å². The van der Waals surface area contributed by atoms with Crippen LogP contribution >= 0.6 is 0 Å². The average Bonchev–Trinajstić information content (AvgIpc) is 2.91. The van der Waals surface area contributed by atoms with Gasteiger partial charge in [0, 0.05) is 44.2 Å². The number of ether oxygens (including phenoxy) is 1. The Kier molecular flexibility index (Phi) is 12.1. The molecular formula is C31H43N3O5S. The summed E-state index contributed by atoms with van der Waals surface area (Å²) in [5, 5.41) is 0. The van der Waals surface area contributed by atoms with Gasteiger partial charge < -0.3 is 14.2 Å². The normalized spacial score (nSPS) is 16.0. The number of nitrogens with zero attached hydrogens (tertiary/aromatic N) is 2. The molecule has 40 heavy (non-hydrogen) atoms. The molecule has 1 aromatic heterocycles. The summed E-state index contributed by atoms with van der Waals surface area (Å²) in [5.74, 6) is 0. The molecule has 1 aliphatic heterocycles. The number of carbonyl (C=O) groups is 1. The highest BCUT2D eigenvalue weighted by atomic mass is 32.2. The van der Waals surface area contributed by atoms with E-state index in [1.807, 2.05) is 87.5 Å². The van der Waals surface area contributed by atoms with E-state index in [1.165, 1.54) is 4.57 Å². The van der Waals surface area contributed by atoms with Crippen molar-refractivity contribution in [2.45, 2.75) is 65.1 Å². The van der Waals surface area contributed by atoms with Crippen LogP contribution in [-0.4, -0.2) is 48.4 Å². The number of aromatic nitrogens is 1. The van der Waals surface area contributed by atoms with Crippen LogP contribution in [0.15, 0.2) is 83.8 Å². The largest absolute Gasteiger partial charge is 0.446 e. The molecule has 1 aliphatic rings. The summed E-state index contributed by atoms with van der Waals surface area (Å²) in [5.41, 5.74) is 1.96. The summed E-state index contributed by atoms with van der Waals surface area (Å²) in [6.45, 7) is 10.0. The number of pyridine rings is 1. The third-order valence-electron chi connectivity index (χ3n) is 6.36. The Morgan fingerprint density at radius 1 is 0.975 bits per heavy atom. The second-order valence-electron chi connectivity index (χ2n) is 10.3. The third kappa shape index (κ3) is 10.3. The van der Waals surface area contributed by atoms with Crippen LogP contribution in [0.1, 0.15) is 59.1 Å². The molecule has 1 saturated heterocycles. The number of benzene rings is 2. The van der Waals surface area contributed by atoms with E-state index in [4.69, 9.17) is 4.74 Å². The van der Waals surface area contributed by atoms with Gasteiger partial charge in [0.25, 0.3) is 5.56 Å². The molecule has 4 rings (SSSR count). The van der Waals surface area contributed by atoms with E-state index in [0.717, 1.165) is 22.9 Å². The van der Waals surface area contributed by atoms with Crippen LogP contribution in [0.4, 0.5) is 4.79 Å². The van der Waals surface area contributed by atoms with E-state index < -0.39 is 21.7 Å². The number of hydrogen-bond acceptors (Lipinski definition) is 5. The van der Waals surface area contributed by atoms with Crippen LogP contribution in [0.3, 0.4) is 0 Å². The fourth-order valence-electron chi connectivity index (χ4n) is 4.50.